The van der Waals surface area contributed by atoms with Gasteiger partial charge in [-0.1, -0.05) is 24.3 Å². The molecule has 0 aliphatic carbocycles. The fourth-order valence-electron chi connectivity index (χ4n) is 2.68. The number of aromatic amines is 1. The summed E-state index contributed by atoms with van der Waals surface area (Å²) in [5.74, 6) is 0.987. The standard InChI is InChI=1S/C21H17N3O2/c25-21(24-13-15-6-8-19-16(12-15)10-11-22-19)17-7-9-20(23-14-17)26-18-4-2-1-3-5-18/h1-12,14,22H,13H2,(H,24,25). The Morgan fingerprint density at radius 2 is 1.92 bits per heavy atom. The number of carbonyl (C=O) groups excluding carboxylic acids is 1. The summed E-state index contributed by atoms with van der Waals surface area (Å²) in [7, 11) is 0. The molecule has 0 atom stereocenters. The third-order valence-electron chi connectivity index (χ3n) is 4.03. The molecule has 0 saturated carbocycles. The van der Waals surface area contributed by atoms with Crippen LogP contribution >= 0.6 is 0 Å². The Morgan fingerprint density at radius 1 is 1.04 bits per heavy atom. The Balaban J connectivity index is 1.38. The zero-order valence-corrected chi connectivity index (χ0v) is 14.0. The fraction of sp³-hybridized carbons (Fsp3) is 0.0476. The lowest BCUT2D eigenvalue weighted by Gasteiger charge is -2.07. The number of nitrogens with zero attached hydrogens (tertiary/aromatic N) is 1. The first kappa shape index (κ1) is 15.9. The van der Waals surface area contributed by atoms with E-state index >= 15 is 0 Å². The van der Waals surface area contributed by atoms with E-state index in [4.69, 9.17) is 4.74 Å². The van der Waals surface area contributed by atoms with E-state index < -0.39 is 0 Å². The van der Waals surface area contributed by atoms with Crippen molar-refractivity contribution >= 4 is 16.8 Å². The van der Waals surface area contributed by atoms with E-state index in [1.807, 2.05) is 54.7 Å². The lowest BCUT2D eigenvalue weighted by molar-refractivity contribution is 0.0950. The maximum absolute atomic E-state index is 12.3. The summed E-state index contributed by atoms with van der Waals surface area (Å²) in [5, 5.41) is 4.04. The largest absolute Gasteiger partial charge is 0.439 e. The SMILES string of the molecule is O=C(NCc1ccc2[nH]ccc2c1)c1ccc(Oc2ccccc2)nc1. The van der Waals surface area contributed by atoms with Crippen LogP contribution in [0.5, 0.6) is 11.6 Å². The molecular weight excluding hydrogens is 326 g/mol. The summed E-state index contributed by atoms with van der Waals surface area (Å²) in [5.41, 5.74) is 2.62. The lowest BCUT2D eigenvalue weighted by Crippen LogP contribution is -2.22. The zero-order chi connectivity index (χ0) is 17.8. The highest BCUT2D eigenvalue weighted by atomic mass is 16.5. The second kappa shape index (κ2) is 7.11. The molecule has 0 spiro atoms. The molecule has 4 aromatic rings. The van der Waals surface area contributed by atoms with Crippen molar-refractivity contribution in [3.63, 3.8) is 0 Å². The van der Waals surface area contributed by atoms with E-state index in [9.17, 15) is 4.79 Å². The van der Waals surface area contributed by atoms with Crippen LogP contribution in [0, 0.1) is 0 Å². The van der Waals surface area contributed by atoms with Gasteiger partial charge in [-0.25, -0.2) is 4.98 Å². The van der Waals surface area contributed by atoms with Crippen LogP contribution in [-0.2, 0) is 6.54 Å². The number of ether oxygens (including phenoxy) is 1. The van der Waals surface area contributed by atoms with Gasteiger partial charge >= 0.3 is 0 Å². The van der Waals surface area contributed by atoms with Gasteiger partial charge in [-0.05, 0) is 47.3 Å². The predicted octanol–water partition coefficient (Wildman–Crippen LogP) is 4.29. The van der Waals surface area contributed by atoms with Gasteiger partial charge in [0, 0.05) is 30.5 Å². The molecule has 5 heteroatoms. The van der Waals surface area contributed by atoms with Crippen LogP contribution in [0.1, 0.15) is 15.9 Å². The first-order valence-electron chi connectivity index (χ1n) is 8.31. The normalized spacial score (nSPS) is 10.6. The monoisotopic (exact) mass is 343 g/mol. The number of amides is 1. The molecule has 2 aromatic heterocycles. The summed E-state index contributed by atoms with van der Waals surface area (Å²) in [6.07, 6.45) is 3.42. The number of H-pyrrole nitrogens is 1. The molecule has 0 fully saturated rings. The molecule has 2 aromatic carbocycles. The minimum absolute atomic E-state index is 0.169. The number of pyridine rings is 1. The van der Waals surface area contributed by atoms with Crippen LogP contribution < -0.4 is 10.1 Å². The van der Waals surface area contributed by atoms with Gasteiger partial charge in [0.2, 0.25) is 5.88 Å². The van der Waals surface area contributed by atoms with Crippen molar-refractivity contribution in [1.82, 2.24) is 15.3 Å². The molecular formula is C21H17N3O2. The molecule has 2 heterocycles. The third-order valence-corrected chi connectivity index (χ3v) is 4.03. The molecule has 0 bridgehead atoms. The summed E-state index contributed by atoms with van der Waals surface area (Å²) >= 11 is 0. The van der Waals surface area contributed by atoms with Crippen LogP contribution in [-0.4, -0.2) is 15.9 Å². The number of para-hydroxylation sites is 1. The van der Waals surface area contributed by atoms with Crippen molar-refractivity contribution in [2.75, 3.05) is 0 Å². The number of hydrogen-bond acceptors (Lipinski definition) is 3. The van der Waals surface area contributed by atoms with Gasteiger partial charge < -0.3 is 15.0 Å². The average molecular weight is 343 g/mol. The maximum Gasteiger partial charge on any atom is 0.253 e. The highest BCUT2D eigenvalue weighted by Gasteiger charge is 2.07. The Hall–Kier alpha value is -3.60. The first-order chi connectivity index (χ1) is 12.8. The molecule has 0 aliphatic heterocycles. The maximum atomic E-state index is 12.3. The molecule has 0 aliphatic rings. The van der Waals surface area contributed by atoms with Crippen molar-refractivity contribution in [3.05, 3.63) is 90.3 Å². The van der Waals surface area contributed by atoms with E-state index in [2.05, 4.69) is 21.4 Å². The number of hydrogen-bond donors (Lipinski definition) is 2. The Morgan fingerprint density at radius 3 is 2.73 bits per heavy atom. The summed E-state index contributed by atoms with van der Waals surface area (Å²) in [6.45, 7) is 0.461. The Kier molecular flexibility index (Phi) is 4.35. The summed E-state index contributed by atoms with van der Waals surface area (Å²) in [6, 6.07) is 20.9. The molecule has 2 N–H and O–H groups in total. The van der Waals surface area contributed by atoms with Gasteiger partial charge in [0.25, 0.3) is 5.91 Å². The van der Waals surface area contributed by atoms with Crippen molar-refractivity contribution in [1.29, 1.82) is 0 Å². The highest BCUT2D eigenvalue weighted by molar-refractivity contribution is 5.94. The van der Waals surface area contributed by atoms with Gasteiger partial charge in [0.15, 0.2) is 0 Å². The topological polar surface area (TPSA) is 67.0 Å². The second-order valence-corrected chi connectivity index (χ2v) is 5.88. The number of rotatable bonds is 5. The van der Waals surface area contributed by atoms with Gasteiger partial charge in [0.1, 0.15) is 5.75 Å². The van der Waals surface area contributed by atoms with Crippen LogP contribution in [0.15, 0.2) is 79.1 Å². The molecule has 26 heavy (non-hydrogen) atoms. The number of aromatic nitrogens is 2. The molecule has 0 saturated heterocycles. The van der Waals surface area contributed by atoms with E-state index in [0.29, 0.717) is 23.7 Å². The summed E-state index contributed by atoms with van der Waals surface area (Å²) in [4.78, 5) is 19.7. The highest BCUT2D eigenvalue weighted by Crippen LogP contribution is 2.18. The second-order valence-electron chi connectivity index (χ2n) is 5.88. The zero-order valence-electron chi connectivity index (χ0n) is 14.0. The van der Waals surface area contributed by atoms with Crippen LogP contribution in [0.25, 0.3) is 10.9 Å². The van der Waals surface area contributed by atoms with Crippen molar-refractivity contribution < 1.29 is 9.53 Å². The van der Waals surface area contributed by atoms with Crippen LogP contribution in [0.3, 0.4) is 0 Å². The molecule has 128 valence electrons. The van der Waals surface area contributed by atoms with Crippen LogP contribution in [0.2, 0.25) is 0 Å². The number of carbonyl (C=O) groups is 1. The Bertz CT molecular complexity index is 1020. The number of nitrogens with one attached hydrogen (secondary N) is 2. The van der Waals surface area contributed by atoms with Crippen molar-refractivity contribution in [3.8, 4) is 11.6 Å². The molecule has 1 amide bonds. The van der Waals surface area contributed by atoms with E-state index in [0.717, 1.165) is 16.5 Å². The molecule has 4 rings (SSSR count). The van der Waals surface area contributed by atoms with Crippen molar-refractivity contribution in [2.24, 2.45) is 0 Å². The Labute approximate surface area is 150 Å². The van der Waals surface area contributed by atoms with E-state index in [1.165, 1.54) is 6.20 Å². The lowest BCUT2D eigenvalue weighted by atomic mass is 10.1. The average Bonchev–Trinajstić information content (AvgIpc) is 3.15. The van der Waals surface area contributed by atoms with Crippen LogP contribution in [0.4, 0.5) is 0 Å². The van der Waals surface area contributed by atoms with Gasteiger partial charge in [-0.15, -0.1) is 0 Å². The minimum Gasteiger partial charge on any atom is -0.439 e. The smallest absolute Gasteiger partial charge is 0.253 e. The van der Waals surface area contributed by atoms with Crippen molar-refractivity contribution in [2.45, 2.75) is 6.54 Å². The molecule has 0 radical (unpaired) electrons. The van der Waals surface area contributed by atoms with E-state index in [-0.39, 0.29) is 5.91 Å². The fourth-order valence-corrected chi connectivity index (χ4v) is 2.68. The number of fused-ring (bicyclic) bond motifs is 1. The van der Waals surface area contributed by atoms with Gasteiger partial charge in [-0.3, -0.25) is 4.79 Å². The molecule has 5 nitrogen and oxygen atoms in total. The summed E-state index contributed by atoms with van der Waals surface area (Å²) < 4.78 is 5.63. The third kappa shape index (κ3) is 3.57. The van der Waals surface area contributed by atoms with Gasteiger partial charge in [-0.2, -0.15) is 0 Å². The van der Waals surface area contributed by atoms with Gasteiger partial charge in [0.05, 0.1) is 5.56 Å². The van der Waals surface area contributed by atoms with E-state index in [1.54, 1.807) is 12.1 Å². The minimum atomic E-state index is -0.169. The quantitative estimate of drug-likeness (QED) is 0.568. The first-order valence-corrected chi connectivity index (χ1v) is 8.31. The predicted molar refractivity (Wildman–Crippen MR) is 100 cm³/mol. The molecule has 0 unspecified atom stereocenters. The number of benzene rings is 2.